The number of rotatable bonds is 4. The number of benzene rings is 1. The van der Waals surface area contributed by atoms with E-state index in [-0.39, 0.29) is 18.1 Å². The number of anilines is 1. The molecule has 9 nitrogen and oxygen atoms in total. The van der Waals surface area contributed by atoms with Crippen molar-refractivity contribution in [1.29, 1.82) is 5.26 Å². The summed E-state index contributed by atoms with van der Waals surface area (Å²) in [6.07, 6.45) is -0.717. The monoisotopic (exact) mass is 397 g/mol. The Labute approximate surface area is 168 Å². The van der Waals surface area contributed by atoms with Gasteiger partial charge in [0.25, 0.3) is 5.56 Å². The zero-order valence-electron chi connectivity index (χ0n) is 17.0. The highest BCUT2D eigenvalue weighted by Gasteiger charge is 2.17. The van der Waals surface area contributed by atoms with Crippen LogP contribution in [0.4, 0.5) is 10.5 Å². The smallest absolute Gasteiger partial charge is 0.411 e. The molecule has 0 bridgehead atoms. The minimum absolute atomic E-state index is 0.157. The highest BCUT2D eigenvalue weighted by Crippen LogP contribution is 2.27. The van der Waals surface area contributed by atoms with E-state index in [1.807, 2.05) is 26.8 Å². The quantitative estimate of drug-likeness (QED) is 0.814. The first-order valence-corrected chi connectivity index (χ1v) is 8.83. The number of hydrogen-bond acceptors (Lipinski definition) is 6. The van der Waals surface area contributed by atoms with Crippen molar-refractivity contribution in [3.05, 3.63) is 46.0 Å². The van der Waals surface area contributed by atoms with Gasteiger partial charge in [-0.25, -0.2) is 9.78 Å². The van der Waals surface area contributed by atoms with Crippen molar-refractivity contribution >= 4 is 17.7 Å². The van der Waals surface area contributed by atoms with Gasteiger partial charge in [0.05, 0.1) is 30.1 Å². The maximum Gasteiger partial charge on any atom is 0.411 e. The zero-order chi connectivity index (χ0) is 21.8. The van der Waals surface area contributed by atoms with E-state index in [4.69, 9.17) is 5.26 Å². The SMILES string of the molecule is COC(=O)Nc1cc(C#N)ccc1-c1cc(=O)n(CC(=O)NC(C)(C)C)c(C)n1. The Hall–Kier alpha value is -3.67. The third-order valence-electron chi connectivity index (χ3n) is 3.86. The van der Waals surface area contributed by atoms with Gasteiger partial charge in [0.15, 0.2) is 0 Å². The number of aromatic nitrogens is 2. The molecule has 0 aliphatic rings. The molecule has 2 N–H and O–H groups in total. The Kier molecular flexibility index (Phi) is 6.38. The molecule has 0 fully saturated rings. The molecular formula is C20H23N5O4. The Morgan fingerprint density at radius 2 is 1.97 bits per heavy atom. The number of nitriles is 1. The van der Waals surface area contributed by atoms with Crippen molar-refractivity contribution in [2.24, 2.45) is 0 Å². The summed E-state index contributed by atoms with van der Waals surface area (Å²) in [7, 11) is 1.22. The summed E-state index contributed by atoms with van der Waals surface area (Å²) < 4.78 is 5.87. The van der Waals surface area contributed by atoms with Crippen molar-refractivity contribution < 1.29 is 14.3 Å². The molecule has 0 radical (unpaired) electrons. The molecule has 0 spiro atoms. The number of aryl methyl sites for hydroxylation is 1. The van der Waals surface area contributed by atoms with E-state index < -0.39 is 17.2 Å². The van der Waals surface area contributed by atoms with Crippen LogP contribution < -0.4 is 16.2 Å². The third-order valence-corrected chi connectivity index (χ3v) is 3.86. The molecule has 0 unspecified atom stereocenters. The predicted molar refractivity (Wildman–Crippen MR) is 107 cm³/mol. The van der Waals surface area contributed by atoms with Crippen LogP contribution in [0.25, 0.3) is 11.3 Å². The number of hydrogen-bond donors (Lipinski definition) is 2. The second-order valence-electron chi connectivity index (χ2n) is 7.40. The van der Waals surface area contributed by atoms with Crippen LogP contribution in [0.15, 0.2) is 29.1 Å². The molecule has 9 heteroatoms. The van der Waals surface area contributed by atoms with E-state index in [0.29, 0.717) is 22.6 Å². The molecule has 1 aromatic carbocycles. The Bertz CT molecular complexity index is 1040. The van der Waals surface area contributed by atoms with Crippen LogP contribution in [-0.2, 0) is 16.1 Å². The number of nitrogens with zero attached hydrogens (tertiary/aromatic N) is 3. The van der Waals surface area contributed by atoms with Gasteiger partial charge in [-0.3, -0.25) is 19.5 Å². The molecule has 2 amide bonds. The van der Waals surface area contributed by atoms with Crippen molar-refractivity contribution in [3.63, 3.8) is 0 Å². The highest BCUT2D eigenvalue weighted by atomic mass is 16.5. The number of carbonyl (C=O) groups excluding carboxylic acids is 2. The first-order chi connectivity index (χ1) is 13.5. The molecular weight excluding hydrogens is 374 g/mol. The van der Waals surface area contributed by atoms with Crippen LogP contribution in [0.3, 0.4) is 0 Å². The number of methoxy groups -OCH3 is 1. The maximum atomic E-state index is 12.6. The fourth-order valence-corrected chi connectivity index (χ4v) is 2.65. The standard InChI is InChI=1S/C20H23N5O4/c1-12-22-16(9-18(27)25(12)11-17(26)24-20(2,3)4)14-7-6-13(10-21)8-15(14)23-19(28)29-5/h6-9H,11H2,1-5H3,(H,23,28)(H,24,26). The first kappa shape index (κ1) is 21.6. The topological polar surface area (TPSA) is 126 Å². The Morgan fingerprint density at radius 3 is 2.52 bits per heavy atom. The molecule has 29 heavy (non-hydrogen) atoms. The summed E-state index contributed by atoms with van der Waals surface area (Å²) in [5.41, 5.74) is 0.523. The van der Waals surface area contributed by atoms with Gasteiger partial charge < -0.3 is 10.1 Å². The van der Waals surface area contributed by atoms with E-state index in [9.17, 15) is 14.4 Å². The molecule has 0 saturated carbocycles. The van der Waals surface area contributed by atoms with E-state index in [2.05, 4.69) is 20.4 Å². The van der Waals surface area contributed by atoms with E-state index in [1.165, 1.54) is 23.8 Å². The maximum absolute atomic E-state index is 12.6. The minimum atomic E-state index is -0.717. The van der Waals surface area contributed by atoms with Crippen molar-refractivity contribution in [2.45, 2.75) is 39.8 Å². The average molecular weight is 397 g/mol. The molecule has 0 saturated heterocycles. The summed E-state index contributed by atoms with van der Waals surface area (Å²) >= 11 is 0. The number of nitrogens with one attached hydrogen (secondary N) is 2. The van der Waals surface area contributed by atoms with Crippen LogP contribution in [-0.4, -0.2) is 34.2 Å². The summed E-state index contributed by atoms with van der Waals surface area (Å²) in [4.78, 5) is 40.9. The second kappa shape index (κ2) is 8.56. The van der Waals surface area contributed by atoms with Crippen molar-refractivity contribution in [2.75, 3.05) is 12.4 Å². The Morgan fingerprint density at radius 1 is 1.28 bits per heavy atom. The minimum Gasteiger partial charge on any atom is -0.453 e. The summed E-state index contributed by atoms with van der Waals surface area (Å²) in [6, 6.07) is 7.87. The van der Waals surface area contributed by atoms with Crippen LogP contribution in [0.5, 0.6) is 0 Å². The lowest BCUT2D eigenvalue weighted by molar-refractivity contribution is -0.123. The number of ether oxygens (including phenoxy) is 1. The van der Waals surface area contributed by atoms with Gasteiger partial charge in [-0.1, -0.05) is 0 Å². The van der Waals surface area contributed by atoms with Crippen LogP contribution >= 0.6 is 0 Å². The van der Waals surface area contributed by atoms with Crippen molar-refractivity contribution in [1.82, 2.24) is 14.9 Å². The zero-order valence-corrected chi connectivity index (χ0v) is 17.0. The van der Waals surface area contributed by atoms with Crippen LogP contribution in [0.1, 0.15) is 32.2 Å². The fourth-order valence-electron chi connectivity index (χ4n) is 2.65. The van der Waals surface area contributed by atoms with Gasteiger partial charge in [-0.15, -0.1) is 0 Å². The largest absolute Gasteiger partial charge is 0.453 e. The molecule has 152 valence electrons. The van der Waals surface area contributed by atoms with Crippen LogP contribution in [0, 0.1) is 18.3 Å². The highest BCUT2D eigenvalue weighted by molar-refractivity contribution is 5.91. The van der Waals surface area contributed by atoms with E-state index >= 15 is 0 Å². The van der Waals surface area contributed by atoms with Gasteiger partial charge in [-0.05, 0) is 45.9 Å². The van der Waals surface area contributed by atoms with Gasteiger partial charge in [0.2, 0.25) is 5.91 Å². The molecule has 0 aliphatic carbocycles. The summed E-state index contributed by atoms with van der Waals surface area (Å²) in [5, 5.41) is 14.4. The third kappa shape index (κ3) is 5.65. The van der Waals surface area contributed by atoms with Crippen LogP contribution in [0.2, 0.25) is 0 Å². The van der Waals surface area contributed by atoms with E-state index in [1.54, 1.807) is 19.1 Å². The molecule has 1 aromatic heterocycles. The Balaban J connectivity index is 2.45. The van der Waals surface area contributed by atoms with E-state index in [0.717, 1.165) is 0 Å². The number of carbonyl (C=O) groups is 2. The average Bonchev–Trinajstić information content (AvgIpc) is 2.62. The molecule has 0 aliphatic heterocycles. The van der Waals surface area contributed by atoms with Gasteiger partial charge in [0, 0.05) is 17.2 Å². The molecule has 2 aromatic rings. The summed E-state index contributed by atoms with van der Waals surface area (Å²) in [6.45, 7) is 7.01. The van der Waals surface area contributed by atoms with Crippen molar-refractivity contribution in [3.8, 4) is 17.3 Å². The molecule has 1 heterocycles. The lowest BCUT2D eigenvalue weighted by Gasteiger charge is -2.21. The van der Waals surface area contributed by atoms with Gasteiger partial charge in [0.1, 0.15) is 12.4 Å². The van der Waals surface area contributed by atoms with Gasteiger partial charge in [-0.2, -0.15) is 5.26 Å². The molecule has 0 atom stereocenters. The lowest BCUT2D eigenvalue weighted by atomic mass is 10.1. The molecule has 2 rings (SSSR count). The fraction of sp³-hybridized carbons (Fsp3) is 0.350. The summed E-state index contributed by atoms with van der Waals surface area (Å²) in [5.74, 6) is 0.0357. The number of amides is 2. The first-order valence-electron chi connectivity index (χ1n) is 8.83. The van der Waals surface area contributed by atoms with Gasteiger partial charge >= 0.3 is 6.09 Å². The lowest BCUT2D eigenvalue weighted by Crippen LogP contribution is -2.43. The predicted octanol–water partition coefficient (Wildman–Crippen LogP) is 2.18. The second-order valence-corrected chi connectivity index (χ2v) is 7.40. The normalized spacial score (nSPS) is 10.8.